The lowest BCUT2D eigenvalue weighted by molar-refractivity contribution is -0.157. The second-order valence-corrected chi connectivity index (χ2v) is 20.5. The normalized spacial score (nSPS) is 34.1. The first-order valence-electron chi connectivity index (χ1n) is 16.9. The van der Waals surface area contributed by atoms with Crippen molar-refractivity contribution in [1.82, 2.24) is 0 Å². The standard InChI is InChI=1S/C35H60O4Si/c1-25(36)39-32-19-18-31-33-26(15-13-11-9-8-10-12-14-22-38-40(6,7)34(2,3)4)23-27-24-28(37)16-17-29(27)30(33)20-21-35(31,32)5/h24,26,29-33H,8-23H2,1-7H3/t26-,29?,30?,31?,32+,33?,35+/m1/s1. The maximum absolute atomic E-state index is 12.4. The van der Waals surface area contributed by atoms with Crippen molar-refractivity contribution in [2.24, 2.45) is 35.0 Å². The zero-order chi connectivity index (χ0) is 29.1. The first-order valence-corrected chi connectivity index (χ1v) is 19.8. The molecule has 4 rings (SSSR count). The monoisotopic (exact) mass is 572 g/mol. The van der Waals surface area contributed by atoms with E-state index in [9.17, 15) is 9.59 Å². The second-order valence-electron chi connectivity index (χ2n) is 15.7. The SMILES string of the molecule is CC(=O)O[C@H]1CCC2C3C(CC[C@@]21C)C1CCC(=O)C=C1C[C@H]3CCCCCCCCCO[Si](C)(C)C(C)(C)C. The van der Waals surface area contributed by atoms with Gasteiger partial charge in [-0.05, 0) is 105 Å². The number of unbranched alkanes of at least 4 members (excludes halogenated alkanes) is 6. The molecule has 0 spiro atoms. The molecule has 0 radical (unpaired) electrons. The van der Waals surface area contributed by atoms with E-state index in [2.05, 4.69) is 46.9 Å². The molecule has 7 atom stereocenters. The van der Waals surface area contributed by atoms with Crippen LogP contribution in [0.3, 0.4) is 0 Å². The van der Waals surface area contributed by atoms with E-state index in [4.69, 9.17) is 9.16 Å². The smallest absolute Gasteiger partial charge is 0.302 e. The third kappa shape index (κ3) is 7.16. The predicted octanol–water partition coefficient (Wildman–Crippen LogP) is 9.43. The van der Waals surface area contributed by atoms with Crippen LogP contribution in [0, 0.1) is 35.0 Å². The van der Waals surface area contributed by atoms with Crippen molar-refractivity contribution >= 4 is 20.1 Å². The van der Waals surface area contributed by atoms with Gasteiger partial charge in [0.05, 0.1) is 0 Å². The minimum absolute atomic E-state index is 0.0914. The summed E-state index contributed by atoms with van der Waals surface area (Å²) in [6, 6.07) is 0. The highest BCUT2D eigenvalue weighted by atomic mass is 28.4. The minimum Gasteiger partial charge on any atom is -0.462 e. The molecule has 3 fully saturated rings. The van der Waals surface area contributed by atoms with Crippen molar-refractivity contribution in [3.8, 4) is 0 Å². The molecule has 228 valence electrons. The number of hydrogen-bond donors (Lipinski definition) is 0. The van der Waals surface area contributed by atoms with Crippen LogP contribution in [-0.2, 0) is 18.8 Å². The lowest BCUT2D eigenvalue weighted by atomic mass is 9.49. The zero-order valence-corrected chi connectivity index (χ0v) is 28.0. The highest BCUT2D eigenvalue weighted by molar-refractivity contribution is 6.74. The van der Waals surface area contributed by atoms with Gasteiger partial charge in [-0.2, -0.15) is 0 Å². The number of ether oxygens (including phenoxy) is 1. The number of hydrogen-bond acceptors (Lipinski definition) is 4. The first kappa shape index (κ1) is 32.0. The van der Waals surface area contributed by atoms with Crippen LogP contribution in [0.4, 0.5) is 0 Å². The van der Waals surface area contributed by atoms with Crippen molar-refractivity contribution in [3.05, 3.63) is 11.6 Å². The van der Waals surface area contributed by atoms with Gasteiger partial charge in [-0.1, -0.05) is 71.8 Å². The van der Waals surface area contributed by atoms with Gasteiger partial charge in [0.15, 0.2) is 14.1 Å². The Morgan fingerprint density at radius 1 is 1.00 bits per heavy atom. The molecular weight excluding hydrogens is 512 g/mol. The van der Waals surface area contributed by atoms with Gasteiger partial charge >= 0.3 is 5.97 Å². The predicted molar refractivity (Wildman–Crippen MR) is 167 cm³/mol. The molecule has 0 bridgehead atoms. The molecule has 4 aliphatic rings. The summed E-state index contributed by atoms with van der Waals surface area (Å²) in [6.45, 7) is 16.6. The van der Waals surface area contributed by atoms with Gasteiger partial charge in [0.2, 0.25) is 0 Å². The summed E-state index contributed by atoms with van der Waals surface area (Å²) < 4.78 is 12.3. The van der Waals surface area contributed by atoms with Crippen molar-refractivity contribution < 1.29 is 18.8 Å². The lowest BCUT2D eigenvalue weighted by Crippen LogP contribution is -2.51. The fourth-order valence-electron chi connectivity index (χ4n) is 8.96. The number of rotatable bonds is 12. The summed E-state index contributed by atoms with van der Waals surface area (Å²) >= 11 is 0. The van der Waals surface area contributed by atoms with Crippen molar-refractivity contribution in [2.45, 2.75) is 155 Å². The molecule has 4 aliphatic carbocycles. The van der Waals surface area contributed by atoms with Gasteiger partial charge < -0.3 is 9.16 Å². The Hall–Kier alpha value is -0.943. The highest BCUT2D eigenvalue weighted by Crippen LogP contribution is 2.64. The maximum Gasteiger partial charge on any atom is 0.302 e. The van der Waals surface area contributed by atoms with Crippen LogP contribution >= 0.6 is 0 Å². The molecule has 0 heterocycles. The molecule has 4 unspecified atom stereocenters. The molecular formula is C35H60O4Si. The molecule has 40 heavy (non-hydrogen) atoms. The van der Waals surface area contributed by atoms with Crippen LogP contribution in [0.15, 0.2) is 11.6 Å². The quantitative estimate of drug-likeness (QED) is 0.133. The summed E-state index contributed by atoms with van der Waals surface area (Å²) in [5.74, 6) is 3.66. The van der Waals surface area contributed by atoms with E-state index >= 15 is 0 Å². The number of fused-ring (bicyclic) bond motifs is 5. The molecule has 0 aromatic carbocycles. The van der Waals surface area contributed by atoms with E-state index in [0.29, 0.717) is 28.6 Å². The number of esters is 1. The Balaban J connectivity index is 1.26. The van der Waals surface area contributed by atoms with Crippen LogP contribution in [-0.4, -0.2) is 32.8 Å². The van der Waals surface area contributed by atoms with E-state index in [1.54, 1.807) is 6.92 Å². The third-order valence-electron chi connectivity index (χ3n) is 12.2. The van der Waals surface area contributed by atoms with Crippen LogP contribution in [0.25, 0.3) is 0 Å². The first-order chi connectivity index (χ1) is 18.8. The summed E-state index contributed by atoms with van der Waals surface area (Å²) in [5.41, 5.74) is 1.62. The molecule has 0 aromatic heterocycles. The molecule has 0 N–H and O–H groups in total. The second kappa shape index (κ2) is 13.1. The van der Waals surface area contributed by atoms with Gasteiger partial charge in [-0.3, -0.25) is 9.59 Å². The summed E-state index contributed by atoms with van der Waals surface area (Å²) in [7, 11) is -1.60. The van der Waals surface area contributed by atoms with Crippen LogP contribution in [0.2, 0.25) is 18.1 Å². The lowest BCUT2D eigenvalue weighted by Gasteiger charge is -2.56. The molecule has 0 aliphatic heterocycles. The third-order valence-corrected chi connectivity index (χ3v) is 16.7. The summed E-state index contributed by atoms with van der Waals surface area (Å²) in [5, 5.41) is 0.299. The average molecular weight is 573 g/mol. The molecule has 0 amide bonds. The van der Waals surface area contributed by atoms with E-state index in [1.807, 2.05) is 0 Å². The maximum atomic E-state index is 12.4. The van der Waals surface area contributed by atoms with Crippen molar-refractivity contribution in [3.63, 3.8) is 0 Å². The van der Waals surface area contributed by atoms with Crippen molar-refractivity contribution in [1.29, 1.82) is 0 Å². The average Bonchev–Trinajstić information content (AvgIpc) is 3.19. The van der Waals surface area contributed by atoms with Gasteiger partial charge in [0.1, 0.15) is 6.10 Å². The Bertz CT molecular complexity index is 917. The number of allylic oxidation sites excluding steroid dienone is 1. The molecule has 0 saturated heterocycles. The van der Waals surface area contributed by atoms with Gasteiger partial charge in [0.25, 0.3) is 0 Å². The van der Waals surface area contributed by atoms with Gasteiger partial charge in [-0.15, -0.1) is 0 Å². The molecule has 0 aromatic rings. The molecule has 3 saturated carbocycles. The topological polar surface area (TPSA) is 52.6 Å². The van der Waals surface area contributed by atoms with Gasteiger partial charge in [0, 0.05) is 25.4 Å². The Labute approximate surface area is 246 Å². The Morgan fingerprint density at radius 2 is 1.68 bits per heavy atom. The fourth-order valence-corrected chi connectivity index (χ4v) is 10.0. The zero-order valence-electron chi connectivity index (χ0n) is 27.0. The summed E-state index contributed by atoms with van der Waals surface area (Å²) in [6.07, 6.45) is 20.1. The highest BCUT2D eigenvalue weighted by Gasteiger charge is 2.59. The van der Waals surface area contributed by atoms with Crippen LogP contribution in [0.5, 0.6) is 0 Å². The van der Waals surface area contributed by atoms with E-state index in [1.165, 1.54) is 76.2 Å². The largest absolute Gasteiger partial charge is 0.462 e. The van der Waals surface area contributed by atoms with E-state index < -0.39 is 8.32 Å². The van der Waals surface area contributed by atoms with Crippen molar-refractivity contribution in [2.75, 3.05) is 6.61 Å². The van der Waals surface area contributed by atoms with Crippen LogP contribution in [0.1, 0.15) is 131 Å². The number of carbonyl (C=O) groups is 2. The van der Waals surface area contributed by atoms with Gasteiger partial charge in [-0.25, -0.2) is 0 Å². The summed E-state index contributed by atoms with van der Waals surface area (Å²) in [4.78, 5) is 24.2. The number of ketones is 1. The minimum atomic E-state index is -1.60. The number of carbonyl (C=O) groups excluding carboxylic acids is 2. The Kier molecular flexibility index (Phi) is 10.5. The Morgan fingerprint density at radius 3 is 2.35 bits per heavy atom. The van der Waals surface area contributed by atoms with E-state index in [-0.39, 0.29) is 17.5 Å². The molecule has 5 heteroatoms. The van der Waals surface area contributed by atoms with Crippen LogP contribution < -0.4 is 0 Å². The molecule has 4 nitrogen and oxygen atoms in total. The van der Waals surface area contributed by atoms with E-state index in [0.717, 1.165) is 44.1 Å². The fraction of sp³-hybridized carbons (Fsp3) is 0.886.